The number of hydrogen-bond acceptors (Lipinski definition) is 0. The molecule has 7 heavy (non-hydrogen) atoms. The molecule has 0 aromatic heterocycles. The van der Waals surface area contributed by atoms with E-state index in [1.54, 1.807) is 0 Å². The second-order valence-electron chi connectivity index (χ2n) is 1.25. The second-order valence-corrected chi connectivity index (χ2v) is 1.73. The molecular weight excluding hydrogens is 120 g/mol. The number of hydrogen-bond donors (Lipinski definition) is 0. The van der Waals surface area contributed by atoms with Gasteiger partial charge in [0.25, 0.3) is 0 Å². The van der Waals surface area contributed by atoms with Crippen molar-refractivity contribution in [3.8, 4) is 0 Å². The van der Waals surface area contributed by atoms with Crippen LogP contribution in [0.15, 0.2) is 23.3 Å². The zero-order chi connectivity index (χ0) is 4.41. The summed E-state index contributed by atoms with van der Waals surface area (Å²) in [4.78, 5) is 0. The van der Waals surface area contributed by atoms with Crippen LogP contribution in [0.5, 0.6) is 0 Å². The van der Waals surface area contributed by atoms with Crippen molar-refractivity contribution >= 4 is 34.7 Å². The Morgan fingerprint density at radius 3 is 2.43 bits per heavy atom. The molecule has 0 saturated heterocycles. The molecule has 0 atom stereocenters. The van der Waals surface area contributed by atoms with Gasteiger partial charge in [-0.3, -0.25) is 0 Å². The third-order valence-corrected chi connectivity index (χ3v) is 1.01. The van der Waals surface area contributed by atoms with Crippen LogP contribution >= 0.6 is 11.6 Å². The molecule has 0 saturated carbocycles. The first-order valence-corrected chi connectivity index (χ1v) is 2.28. The summed E-state index contributed by atoms with van der Waals surface area (Å²) in [5.74, 6) is 0. The highest BCUT2D eigenvalue weighted by Crippen LogP contribution is 2.12. The van der Waals surface area contributed by atoms with Crippen LogP contribution in [0, 0.1) is 0 Å². The van der Waals surface area contributed by atoms with Crippen LogP contribution in [0.4, 0.5) is 0 Å². The lowest BCUT2D eigenvalue weighted by Crippen LogP contribution is -1.52. The van der Waals surface area contributed by atoms with Gasteiger partial charge in [-0.15, -0.1) is 0 Å². The van der Waals surface area contributed by atoms with E-state index in [0.717, 1.165) is 11.5 Å². The van der Waals surface area contributed by atoms with Gasteiger partial charge in [-0.1, -0.05) is 23.8 Å². The molecule has 0 N–H and O–H groups in total. The lowest BCUT2D eigenvalue weighted by atomic mass is 10.5. The predicted octanol–water partition coefficient (Wildman–Crippen LogP) is 1.15. The molecule has 0 unspecified atom stereocenters. The van der Waals surface area contributed by atoms with E-state index in [1.807, 2.05) is 18.2 Å². The fourth-order valence-electron chi connectivity index (χ4n) is 0.421. The molecule has 1 aliphatic carbocycles. The molecule has 0 amide bonds. The smallest absolute Gasteiger partial charge is 0.0888 e. The first-order valence-electron chi connectivity index (χ1n) is 1.91. The van der Waals surface area contributed by atoms with E-state index >= 15 is 0 Å². The van der Waals surface area contributed by atoms with E-state index in [9.17, 15) is 0 Å². The molecule has 0 aliphatic heterocycles. The summed E-state index contributed by atoms with van der Waals surface area (Å²) in [6, 6.07) is 0. The number of allylic oxidation sites excluding steroid dienone is 4. The van der Waals surface area contributed by atoms with E-state index in [0.29, 0.717) is 0 Å². The third-order valence-electron chi connectivity index (χ3n) is 0.726. The molecule has 0 heterocycles. The van der Waals surface area contributed by atoms with Crippen molar-refractivity contribution in [2.45, 2.75) is 6.42 Å². The second kappa shape index (κ2) is 3.53. The van der Waals surface area contributed by atoms with Gasteiger partial charge in [0.05, 0.1) is 0 Å². The Kier molecular flexibility index (Phi) is 3.80. The van der Waals surface area contributed by atoms with Crippen LogP contribution in [0.3, 0.4) is 0 Å². The third kappa shape index (κ3) is 2.37. The average Bonchev–Trinajstić information content (AvgIpc) is 1.86. The maximum atomic E-state index is 5.51. The van der Waals surface area contributed by atoms with Crippen molar-refractivity contribution in [1.29, 1.82) is 0 Å². The molecular formula is C5H7ClMg. The standard InChI is InChI=1S/C5H5Cl.Mg.2H/c6-5-3-1-2-4-5;;;/h1-3H,4H2;;;. The molecule has 1 rings (SSSR count). The van der Waals surface area contributed by atoms with Crippen LogP contribution < -0.4 is 0 Å². The van der Waals surface area contributed by atoms with Gasteiger partial charge < -0.3 is 0 Å². The lowest BCUT2D eigenvalue weighted by Gasteiger charge is -1.75. The molecule has 2 heteroatoms. The Morgan fingerprint density at radius 1 is 1.57 bits per heavy atom. The van der Waals surface area contributed by atoms with Crippen LogP contribution in [0.25, 0.3) is 0 Å². The van der Waals surface area contributed by atoms with E-state index in [2.05, 4.69) is 0 Å². The Balaban J connectivity index is 0.000000360. The highest BCUT2D eigenvalue weighted by molar-refractivity contribution is 6.30. The van der Waals surface area contributed by atoms with E-state index in [1.165, 1.54) is 0 Å². The molecule has 0 aromatic carbocycles. The maximum absolute atomic E-state index is 5.51. The summed E-state index contributed by atoms with van der Waals surface area (Å²) in [6.07, 6.45) is 6.83. The topological polar surface area (TPSA) is 0 Å². The largest absolute Gasteiger partial charge is 0.316 e. The quantitative estimate of drug-likeness (QED) is 0.428. The van der Waals surface area contributed by atoms with E-state index < -0.39 is 0 Å². The number of halogens is 1. The molecule has 0 nitrogen and oxygen atoms in total. The van der Waals surface area contributed by atoms with Crippen molar-refractivity contribution in [1.82, 2.24) is 0 Å². The van der Waals surface area contributed by atoms with Crippen LogP contribution in [-0.4, -0.2) is 23.1 Å². The predicted molar refractivity (Wildman–Crippen MR) is 36.2 cm³/mol. The Labute approximate surface area is 64.4 Å². The van der Waals surface area contributed by atoms with Crippen molar-refractivity contribution < 1.29 is 0 Å². The summed E-state index contributed by atoms with van der Waals surface area (Å²) in [5.41, 5.74) is 0. The van der Waals surface area contributed by atoms with Crippen LogP contribution in [0.1, 0.15) is 6.42 Å². The monoisotopic (exact) mass is 126 g/mol. The van der Waals surface area contributed by atoms with Gasteiger partial charge >= 0.3 is 23.1 Å². The lowest BCUT2D eigenvalue weighted by molar-refractivity contribution is 1.41. The van der Waals surface area contributed by atoms with Crippen LogP contribution in [-0.2, 0) is 0 Å². The summed E-state index contributed by atoms with van der Waals surface area (Å²) in [7, 11) is 0. The van der Waals surface area contributed by atoms with Gasteiger partial charge in [0.15, 0.2) is 0 Å². The van der Waals surface area contributed by atoms with E-state index in [4.69, 9.17) is 11.6 Å². The molecule has 0 bridgehead atoms. The summed E-state index contributed by atoms with van der Waals surface area (Å²) < 4.78 is 0. The summed E-state index contributed by atoms with van der Waals surface area (Å²) in [6.45, 7) is 0. The summed E-state index contributed by atoms with van der Waals surface area (Å²) >= 11 is 5.51. The Bertz CT molecular complexity index is 105. The number of rotatable bonds is 0. The minimum absolute atomic E-state index is 0. The normalized spacial score (nSPS) is 15.9. The molecule has 36 valence electrons. The van der Waals surface area contributed by atoms with Crippen molar-refractivity contribution in [2.24, 2.45) is 0 Å². The van der Waals surface area contributed by atoms with Gasteiger partial charge in [0.2, 0.25) is 0 Å². The highest BCUT2D eigenvalue weighted by Gasteiger charge is 1.89. The molecule has 0 radical (unpaired) electrons. The zero-order valence-corrected chi connectivity index (χ0v) is 4.07. The maximum Gasteiger partial charge on any atom is 0.316 e. The Hall–Kier alpha value is 0.536. The minimum atomic E-state index is 0. The van der Waals surface area contributed by atoms with E-state index in [-0.39, 0.29) is 23.1 Å². The van der Waals surface area contributed by atoms with Gasteiger partial charge in [-0.05, 0) is 6.08 Å². The van der Waals surface area contributed by atoms with Crippen LogP contribution in [0.2, 0.25) is 0 Å². The molecule has 0 spiro atoms. The average molecular weight is 127 g/mol. The van der Waals surface area contributed by atoms with Gasteiger partial charge in [0.1, 0.15) is 0 Å². The molecule has 1 aliphatic rings. The molecule has 0 aromatic rings. The van der Waals surface area contributed by atoms with Crippen molar-refractivity contribution in [2.75, 3.05) is 0 Å². The minimum Gasteiger partial charge on any atom is -0.0888 e. The first kappa shape index (κ1) is 7.54. The van der Waals surface area contributed by atoms with Gasteiger partial charge in [-0.25, -0.2) is 0 Å². The summed E-state index contributed by atoms with van der Waals surface area (Å²) in [5, 5.41) is 0.940. The fourth-order valence-corrected chi connectivity index (χ4v) is 0.583. The van der Waals surface area contributed by atoms with Crippen molar-refractivity contribution in [3.63, 3.8) is 0 Å². The van der Waals surface area contributed by atoms with Gasteiger partial charge in [0, 0.05) is 11.5 Å². The molecule has 0 fully saturated rings. The SMILES string of the molecule is ClC1=CC=CC1.[MgH2]. The van der Waals surface area contributed by atoms with Gasteiger partial charge in [-0.2, -0.15) is 0 Å². The zero-order valence-electron chi connectivity index (χ0n) is 3.32. The fraction of sp³-hybridized carbons (Fsp3) is 0.200. The highest BCUT2D eigenvalue weighted by atomic mass is 35.5. The first-order chi connectivity index (χ1) is 2.89. The van der Waals surface area contributed by atoms with Crippen molar-refractivity contribution in [3.05, 3.63) is 23.3 Å². The Morgan fingerprint density at radius 2 is 2.29 bits per heavy atom.